The third kappa shape index (κ3) is 6.43. The molecule has 1 N–H and O–H groups in total. The minimum Gasteiger partial charge on any atom is -0.314 e. The van der Waals surface area contributed by atoms with Crippen molar-refractivity contribution in [3.8, 4) is 0 Å². The fourth-order valence-corrected chi connectivity index (χ4v) is 0.526. The van der Waals surface area contributed by atoms with Crippen LogP contribution in [0.2, 0.25) is 0 Å². The maximum Gasteiger partial charge on any atom is 0.0142 e. The minimum absolute atomic E-state index is 0.999. The van der Waals surface area contributed by atoms with E-state index >= 15 is 0 Å². The quantitative estimate of drug-likeness (QED) is 0.551. The standard InChI is InChI=1S/C5H10IN/c1-2-7-5-3-4-6/h3-4,7H,2,5H2,1H3/b4-3-. The molecule has 0 unspecified atom stereocenters. The number of rotatable bonds is 3. The molecular formula is C5H10IN. The third-order valence-corrected chi connectivity index (χ3v) is 1.11. The molecule has 1 nitrogen and oxygen atoms in total. The van der Waals surface area contributed by atoms with Gasteiger partial charge in [0.2, 0.25) is 0 Å². The highest BCUT2D eigenvalue weighted by atomic mass is 127. The van der Waals surface area contributed by atoms with Gasteiger partial charge < -0.3 is 5.32 Å². The molecule has 0 fully saturated rings. The monoisotopic (exact) mass is 211 g/mol. The number of hydrogen-bond donors (Lipinski definition) is 1. The first-order chi connectivity index (χ1) is 3.41. The van der Waals surface area contributed by atoms with Gasteiger partial charge in [-0.3, -0.25) is 0 Å². The number of likely N-dealkylation sites (N-methyl/N-ethyl adjacent to an activating group) is 1. The molecule has 0 rings (SSSR count). The highest BCUT2D eigenvalue weighted by Gasteiger charge is 1.69. The zero-order valence-electron chi connectivity index (χ0n) is 4.45. The van der Waals surface area contributed by atoms with E-state index in [1.54, 1.807) is 0 Å². The molecule has 0 heterocycles. The molecule has 0 saturated carbocycles. The lowest BCUT2D eigenvalue weighted by Gasteiger charge is -1.89. The SMILES string of the molecule is CCNC/C=C\I. The van der Waals surface area contributed by atoms with Crippen LogP contribution >= 0.6 is 22.6 Å². The van der Waals surface area contributed by atoms with Crippen molar-refractivity contribution in [3.63, 3.8) is 0 Å². The molecule has 42 valence electrons. The summed E-state index contributed by atoms with van der Waals surface area (Å²) in [4.78, 5) is 0. The molecule has 0 aromatic rings. The van der Waals surface area contributed by atoms with Crippen molar-refractivity contribution in [2.75, 3.05) is 13.1 Å². The molecule has 0 aliphatic rings. The average Bonchev–Trinajstić information content (AvgIpc) is 1.69. The van der Waals surface area contributed by atoms with Crippen LogP contribution in [0, 0.1) is 0 Å². The fraction of sp³-hybridized carbons (Fsp3) is 0.600. The summed E-state index contributed by atoms with van der Waals surface area (Å²) in [6.07, 6.45) is 2.09. The Morgan fingerprint density at radius 2 is 2.43 bits per heavy atom. The van der Waals surface area contributed by atoms with Gasteiger partial charge in [-0.1, -0.05) is 35.6 Å². The van der Waals surface area contributed by atoms with E-state index in [1.165, 1.54) is 0 Å². The molecule has 0 bridgehead atoms. The van der Waals surface area contributed by atoms with Crippen LogP contribution in [0.15, 0.2) is 10.2 Å². The second-order valence-electron chi connectivity index (χ2n) is 1.17. The molecule has 0 aliphatic heterocycles. The Labute approximate surface area is 58.3 Å². The molecule has 0 aromatic carbocycles. The second-order valence-corrected chi connectivity index (χ2v) is 1.89. The van der Waals surface area contributed by atoms with Crippen molar-refractivity contribution in [1.82, 2.24) is 5.32 Å². The van der Waals surface area contributed by atoms with Crippen LogP contribution in [-0.4, -0.2) is 13.1 Å². The van der Waals surface area contributed by atoms with Gasteiger partial charge in [0.05, 0.1) is 0 Å². The Bertz CT molecular complexity index is 52.0. The Balaban J connectivity index is 2.69. The molecular weight excluding hydrogens is 201 g/mol. The average molecular weight is 211 g/mol. The van der Waals surface area contributed by atoms with Gasteiger partial charge in [0.1, 0.15) is 0 Å². The van der Waals surface area contributed by atoms with Crippen molar-refractivity contribution in [1.29, 1.82) is 0 Å². The summed E-state index contributed by atoms with van der Waals surface area (Å²) in [7, 11) is 0. The smallest absolute Gasteiger partial charge is 0.0142 e. The van der Waals surface area contributed by atoms with Crippen LogP contribution < -0.4 is 5.32 Å². The summed E-state index contributed by atoms with van der Waals surface area (Å²) in [5.74, 6) is 0. The first-order valence-electron chi connectivity index (χ1n) is 2.37. The number of hydrogen-bond acceptors (Lipinski definition) is 1. The van der Waals surface area contributed by atoms with E-state index in [0.717, 1.165) is 13.1 Å². The lowest BCUT2D eigenvalue weighted by molar-refractivity contribution is 0.800. The molecule has 0 amide bonds. The summed E-state index contributed by atoms with van der Waals surface area (Å²) in [6, 6.07) is 0. The third-order valence-electron chi connectivity index (χ3n) is 0.601. The van der Waals surface area contributed by atoms with E-state index in [-0.39, 0.29) is 0 Å². The van der Waals surface area contributed by atoms with Crippen LogP contribution in [-0.2, 0) is 0 Å². The summed E-state index contributed by atoms with van der Waals surface area (Å²) < 4.78 is 2.01. The van der Waals surface area contributed by atoms with Gasteiger partial charge in [0.25, 0.3) is 0 Å². The largest absolute Gasteiger partial charge is 0.314 e. The first kappa shape index (κ1) is 7.43. The van der Waals surface area contributed by atoms with E-state index in [9.17, 15) is 0 Å². The van der Waals surface area contributed by atoms with Crippen LogP contribution in [0.4, 0.5) is 0 Å². The van der Waals surface area contributed by atoms with Crippen molar-refractivity contribution < 1.29 is 0 Å². The number of halogens is 1. The van der Waals surface area contributed by atoms with Crippen molar-refractivity contribution in [3.05, 3.63) is 10.2 Å². The summed E-state index contributed by atoms with van der Waals surface area (Å²) in [5, 5.41) is 3.16. The Morgan fingerprint density at radius 3 is 2.86 bits per heavy atom. The van der Waals surface area contributed by atoms with Gasteiger partial charge in [0.15, 0.2) is 0 Å². The summed E-state index contributed by atoms with van der Waals surface area (Å²) in [5.41, 5.74) is 0. The van der Waals surface area contributed by atoms with Crippen molar-refractivity contribution in [2.45, 2.75) is 6.92 Å². The molecule has 7 heavy (non-hydrogen) atoms. The maximum absolute atomic E-state index is 3.16. The molecule has 2 heteroatoms. The van der Waals surface area contributed by atoms with Crippen LogP contribution in [0.25, 0.3) is 0 Å². The number of nitrogens with one attached hydrogen (secondary N) is 1. The van der Waals surface area contributed by atoms with Gasteiger partial charge >= 0.3 is 0 Å². The van der Waals surface area contributed by atoms with Gasteiger partial charge in [-0.05, 0) is 10.6 Å². The molecule has 0 radical (unpaired) electrons. The van der Waals surface area contributed by atoms with Crippen LogP contribution in [0.3, 0.4) is 0 Å². The van der Waals surface area contributed by atoms with Crippen molar-refractivity contribution in [2.24, 2.45) is 0 Å². The van der Waals surface area contributed by atoms with Gasteiger partial charge in [-0.25, -0.2) is 0 Å². The fourth-order valence-electron chi connectivity index (χ4n) is 0.272. The molecule has 0 spiro atoms. The first-order valence-corrected chi connectivity index (χ1v) is 3.62. The van der Waals surface area contributed by atoms with Gasteiger partial charge in [-0.2, -0.15) is 0 Å². The maximum atomic E-state index is 3.16. The second kappa shape index (κ2) is 6.43. The zero-order valence-corrected chi connectivity index (χ0v) is 6.60. The normalized spacial score (nSPS) is 10.6. The van der Waals surface area contributed by atoms with Gasteiger partial charge in [0, 0.05) is 6.54 Å². The lowest BCUT2D eigenvalue weighted by atomic mass is 10.6. The minimum atomic E-state index is 0.999. The Morgan fingerprint density at radius 1 is 1.71 bits per heavy atom. The van der Waals surface area contributed by atoms with Crippen LogP contribution in [0.5, 0.6) is 0 Å². The molecule has 0 aliphatic carbocycles. The zero-order chi connectivity index (χ0) is 5.54. The predicted molar refractivity (Wildman–Crippen MR) is 41.7 cm³/mol. The van der Waals surface area contributed by atoms with E-state index in [0.29, 0.717) is 0 Å². The Kier molecular flexibility index (Phi) is 6.82. The molecule has 0 atom stereocenters. The van der Waals surface area contributed by atoms with E-state index in [1.807, 2.05) is 4.08 Å². The topological polar surface area (TPSA) is 12.0 Å². The lowest BCUT2D eigenvalue weighted by Crippen LogP contribution is -2.11. The van der Waals surface area contributed by atoms with E-state index in [2.05, 4.69) is 40.9 Å². The van der Waals surface area contributed by atoms with E-state index in [4.69, 9.17) is 0 Å². The van der Waals surface area contributed by atoms with Gasteiger partial charge in [-0.15, -0.1) is 0 Å². The highest BCUT2D eigenvalue weighted by molar-refractivity contribution is 14.1. The predicted octanol–water partition coefficient (Wildman–Crippen LogP) is 1.54. The Hall–Kier alpha value is 0.430. The molecule has 0 saturated heterocycles. The van der Waals surface area contributed by atoms with E-state index < -0.39 is 0 Å². The summed E-state index contributed by atoms with van der Waals surface area (Å²) in [6.45, 7) is 4.15. The molecule has 0 aromatic heterocycles. The van der Waals surface area contributed by atoms with Crippen LogP contribution in [0.1, 0.15) is 6.92 Å². The highest BCUT2D eigenvalue weighted by Crippen LogP contribution is 1.79. The summed E-state index contributed by atoms with van der Waals surface area (Å²) >= 11 is 2.21. The van der Waals surface area contributed by atoms with Crippen molar-refractivity contribution >= 4 is 22.6 Å².